The summed E-state index contributed by atoms with van der Waals surface area (Å²) in [5.41, 5.74) is 16.4. The first-order valence-electron chi connectivity index (χ1n) is 19.2. The molecule has 0 saturated carbocycles. The number of anilines is 3. The molecule has 10 aromatic rings. The molecule has 264 valence electrons. The number of fused-ring (bicyclic) bond motifs is 3. The number of aromatic nitrogens is 1. The fourth-order valence-corrected chi connectivity index (χ4v) is 7.98. The third-order valence-corrected chi connectivity index (χ3v) is 10.8. The zero-order valence-electron chi connectivity index (χ0n) is 30.8. The highest BCUT2D eigenvalue weighted by Gasteiger charge is 2.18. The van der Waals surface area contributed by atoms with Gasteiger partial charge in [-0.1, -0.05) is 176 Å². The summed E-state index contributed by atoms with van der Waals surface area (Å²) >= 11 is 0. The summed E-state index contributed by atoms with van der Waals surface area (Å²) in [6.07, 6.45) is 0. The zero-order chi connectivity index (χ0) is 37.3. The summed E-state index contributed by atoms with van der Waals surface area (Å²) in [5.74, 6) is 0. The van der Waals surface area contributed by atoms with Crippen LogP contribution in [0.4, 0.5) is 17.1 Å². The van der Waals surface area contributed by atoms with Gasteiger partial charge in [0.1, 0.15) is 0 Å². The zero-order valence-corrected chi connectivity index (χ0v) is 30.8. The maximum Gasteiger partial charge on any atom is 0.0561 e. The Morgan fingerprint density at radius 1 is 0.250 bits per heavy atom. The number of benzene rings is 9. The topological polar surface area (TPSA) is 8.17 Å². The minimum absolute atomic E-state index is 1.09. The molecular weight excluding hydrogens is 677 g/mol. The average Bonchev–Trinajstić information content (AvgIpc) is 3.62. The third kappa shape index (κ3) is 6.24. The van der Waals surface area contributed by atoms with Gasteiger partial charge in [0.25, 0.3) is 0 Å². The van der Waals surface area contributed by atoms with E-state index in [-0.39, 0.29) is 0 Å². The van der Waals surface area contributed by atoms with E-state index in [0.29, 0.717) is 0 Å². The summed E-state index contributed by atoms with van der Waals surface area (Å²) in [7, 11) is 0. The Kier molecular flexibility index (Phi) is 8.55. The number of nitrogens with zero attached hydrogens (tertiary/aromatic N) is 2. The molecule has 0 atom stereocenters. The first kappa shape index (κ1) is 33.2. The standard InChI is InChI=1S/C54H38N2/c1-4-12-39(13-5-1)42-20-22-43(23-21-42)46-28-34-49(35-29-46)56-53-19-11-10-18-51(53)52-37-36-50(38-54(52)56)55(47-30-24-44(25-31-47)40-14-6-2-7-15-40)48-32-26-45(27-33-48)41-16-8-3-9-17-41/h1-38H. The first-order chi connectivity index (χ1) is 27.8. The van der Waals surface area contributed by atoms with Gasteiger partial charge in [0, 0.05) is 33.5 Å². The van der Waals surface area contributed by atoms with Crippen molar-refractivity contribution in [1.82, 2.24) is 4.57 Å². The van der Waals surface area contributed by atoms with Crippen LogP contribution in [0.25, 0.3) is 72.0 Å². The highest BCUT2D eigenvalue weighted by Crippen LogP contribution is 2.41. The van der Waals surface area contributed by atoms with E-state index >= 15 is 0 Å². The van der Waals surface area contributed by atoms with Gasteiger partial charge in [0.15, 0.2) is 0 Å². The number of rotatable bonds is 8. The van der Waals surface area contributed by atoms with Crippen molar-refractivity contribution in [2.75, 3.05) is 4.90 Å². The van der Waals surface area contributed by atoms with Crippen molar-refractivity contribution in [3.05, 3.63) is 231 Å². The van der Waals surface area contributed by atoms with Gasteiger partial charge in [0.05, 0.1) is 11.0 Å². The Labute approximate surface area is 327 Å². The van der Waals surface area contributed by atoms with Crippen molar-refractivity contribution in [3.8, 4) is 50.2 Å². The van der Waals surface area contributed by atoms with E-state index in [1.54, 1.807) is 0 Å². The molecule has 10 rings (SSSR count). The van der Waals surface area contributed by atoms with Gasteiger partial charge in [-0.2, -0.15) is 0 Å². The predicted octanol–water partition coefficient (Wildman–Crippen LogP) is 14.9. The summed E-state index contributed by atoms with van der Waals surface area (Å²) < 4.78 is 2.41. The normalized spacial score (nSPS) is 11.2. The van der Waals surface area contributed by atoms with Crippen molar-refractivity contribution in [2.45, 2.75) is 0 Å². The molecule has 0 aliphatic carbocycles. The molecule has 2 nitrogen and oxygen atoms in total. The average molecular weight is 715 g/mol. The second-order valence-electron chi connectivity index (χ2n) is 14.2. The van der Waals surface area contributed by atoms with Crippen LogP contribution in [0.1, 0.15) is 0 Å². The summed E-state index contributed by atoms with van der Waals surface area (Å²) in [6, 6.07) is 83.0. The van der Waals surface area contributed by atoms with E-state index in [1.807, 2.05) is 0 Å². The fourth-order valence-electron chi connectivity index (χ4n) is 7.98. The molecule has 0 amide bonds. The van der Waals surface area contributed by atoms with Crippen LogP contribution in [-0.2, 0) is 0 Å². The molecule has 2 heteroatoms. The molecular formula is C54H38N2. The number of para-hydroxylation sites is 1. The molecule has 1 heterocycles. The lowest BCUT2D eigenvalue weighted by Crippen LogP contribution is -2.10. The molecule has 0 bridgehead atoms. The maximum absolute atomic E-state index is 2.41. The van der Waals surface area contributed by atoms with Crippen molar-refractivity contribution in [1.29, 1.82) is 0 Å². The van der Waals surface area contributed by atoms with E-state index < -0.39 is 0 Å². The Balaban J connectivity index is 1.07. The summed E-state index contributed by atoms with van der Waals surface area (Å²) in [5, 5.41) is 2.46. The Hall–Kier alpha value is -7.42. The van der Waals surface area contributed by atoms with Crippen molar-refractivity contribution in [2.24, 2.45) is 0 Å². The highest BCUT2D eigenvalue weighted by molar-refractivity contribution is 6.10. The highest BCUT2D eigenvalue weighted by atomic mass is 15.1. The lowest BCUT2D eigenvalue weighted by Gasteiger charge is -2.26. The first-order valence-corrected chi connectivity index (χ1v) is 19.2. The molecule has 9 aromatic carbocycles. The minimum Gasteiger partial charge on any atom is -0.310 e. The van der Waals surface area contributed by atoms with Crippen LogP contribution in [0.15, 0.2) is 231 Å². The molecule has 0 fully saturated rings. The van der Waals surface area contributed by atoms with Crippen molar-refractivity contribution < 1.29 is 0 Å². The third-order valence-electron chi connectivity index (χ3n) is 10.8. The smallest absolute Gasteiger partial charge is 0.0561 e. The Bertz CT molecular complexity index is 2810. The fraction of sp³-hybridized carbons (Fsp3) is 0. The maximum atomic E-state index is 2.41. The van der Waals surface area contributed by atoms with E-state index in [0.717, 1.165) is 28.3 Å². The number of hydrogen-bond acceptors (Lipinski definition) is 1. The second-order valence-corrected chi connectivity index (χ2v) is 14.2. The van der Waals surface area contributed by atoms with Crippen LogP contribution in [0.2, 0.25) is 0 Å². The van der Waals surface area contributed by atoms with Crippen LogP contribution < -0.4 is 4.90 Å². The van der Waals surface area contributed by atoms with Crippen molar-refractivity contribution >= 4 is 38.9 Å². The van der Waals surface area contributed by atoms with Crippen LogP contribution in [0.3, 0.4) is 0 Å². The molecule has 0 radical (unpaired) electrons. The van der Waals surface area contributed by atoms with Gasteiger partial charge < -0.3 is 9.47 Å². The second kappa shape index (κ2) is 14.4. The van der Waals surface area contributed by atoms with Gasteiger partial charge in [-0.3, -0.25) is 0 Å². The molecule has 0 aliphatic rings. The SMILES string of the molecule is c1ccc(-c2ccc(-c3ccc(-n4c5ccccc5c5ccc(N(c6ccc(-c7ccccc7)cc6)c6ccc(-c7ccccc7)cc6)cc54)cc3)cc2)cc1. The van der Waals surface area contributed by atoms with E-state index in [2.05, 4.69) is 240 Å². The van der Waals surface area contributed by atoms with E-state index in [4.69, 9.17) is 0 Å². The van der Waals surface area contributed by atoms with Gasteiger partial charge in [-0.25, -0.2) is 0 Å². The summed E-state index contributed by atoms with van der Waals surface area (Å²) in [6.45, 7) is 0. The van der Waals surface area contributed by atoms with Crippen LogP contribution in [-0.4, -0.2) is 4.57 Å². The Morgan fingerprint density at radius 3 is 1.05 bits per heavy atom. The number of hydrogen-bond donors (Lipinski definition) is 0. The quantitative estimate of drug-likeness (QED) is 0.152. The van der Waals surface area contributed by atoms with E-state index in [1.165, 1.54) is 60.8 Å². The van der Waals surface area contributed by atoms with Crippen LogP contribution in [0, 0.1) is 0 Å². The molecule has 56 heavy (non-hydrogen) atoms. The van der Waals surface area contributed by atoms with Gasteiger partial charge in [-0.05, 0) is 99.1 Å². The Morgan fingerprint density at radius 2 is 0.589 bits per heavy atom. The van der Waals surface area contributed by atoms with Gasteiger partial charge in [-0.15, -0.1) is 0 Å². The largest absolute Gasteiger partial charge is 0.310 e. The van der Waals surface area contributed by atoms with E-state index in [9.17, 15) is 0 Å². The van der Waals surface area contributed by atoms with Gasteiger partial charge in [0.2, 0.25) is 0 Å². The predicted molar refractivity (Wildman–Crippen MR) is 237 cm³/mol. The molecule has 0 spiro atoms. The lowest BCUT2D eigenvalue weighted by molar-refractivity contribution is 1.18. The molecule has 1 aromatic heterocycles. The van der Waals surface area contributed by atoms with Crippen LogP contribution >= 0.6 is 0 Å². The molecule has 0 saturated heterocycles. The lowest BCUT2D eigenvalue weighted by atomic mass is 10.0. The molecule has 0 N–H and O–H groups in total. The van der Waals surface area contributed by atoms with Crippen molar-refractivity contribution in [3.63, 3.8) is 0 Å². The van der Waals surface area contributed by atoms with Gasteiger partial charge >= 0.3 is 0 Å². The minimum atomic E-state index is 1.09. The molecule has 0 unspecified atom stereocenters. The van der Waals surface area contributed by atoms with Crippen LogP contribution in [0.5, 0.6) is 0 Å². The molecule has 0 aliphatic heterocycles. The summed E-state index contributed by atoms with van der Waals surface area (Å²) in [4.78, 5) is 2.37. The monoisotopic (exact) mass is 714 g/mol.